The van der Waals surface area contributed by atoms with Gasteiger partial charge in [0, 0.05) is 21.9 Å². The average molecular weight is 346 g/mol. The third-order valence-corrected chi connectivity index (χ3v) is 5.09. The van der Waals surface area contributed by atoms with E-state index in [1.54, 1.807) is 24.3 Å². The predicted octanol–water partition coefficient (Wildman–Crippen LogP) is 5.10. The molecule has 0 amide bonds. The molecule has 0 aromatic heterocycles. The Hall–Kier alpha value is -3.40. The fourth-order valence-electron chi connectivity index (χ4n) is 3.76. The molecule has 4 heteroatoms. The van der Waals surface area contributed by atoms with E-state index >= 15 is 0 Å². The number of aryl methyl sites for hydroxylation is 2. The molecule has 0 aliphatic carbocycles. The summed E-state index contributed by atoms with van der Waals surface area (Å²) in [6.07, 6.45) is 0. The van der Waals surface area contributed by atoms with Gasteiger partial charge in [-0.3, -0.25) is 0 Å². The van der Waals surface area contributed by atoms with Crippen molar-refractivity contribution in [3.63, 3.8) is 0 Å². The first-order chi connectivity index (χ1) is 12.4. The van der Waals surface area contributed by atoms with Crippen LogP contribution >= 0.6 is 0 Å². The third kappa shape index (κ3) is 2.02. The third-order valence-electron chi connectivity index (χ3n) is 5.09. The molecule has 4 aromatic rings. The van der Waals surface area contributed by atoms with Crippen LogP contribution in [0, 0.1) is 13.8 Å². The fraction of sp³-hybridized carbons (Fsp3) is 0.0909. The molecule has 4 aromatic carbocycles. The minimum absolute atomic E-state index is 0.243. The zero-order valence-corrected chi connectivity index (χ0v) is 14.4. The first-order valence-electron chi connectivity index (χ1n) is 8.30. The summed E-state index contributed by atoms with van der Waals surface area (Å²) in [5.74, 6) is -1.11. The lowest BCUT2D eigenvalue weighted by Crippen LogP contribution is -1.94. The van der Waals surface area contributed by atoms with Gasteiger partial charge in [0.2, 0.25) is 0 Å². The summed E-state index contributed by atoms with van der Waals surface area (Å²) in [5, 5.41) is 45.0. The molecular formula is C22H18O4. The number of hydrogen-bond acceptors (Lipinski definition) is 4. The van der Waals surface area contributed by atoms with Gasteiger partial charge in [0.1, 0.15) is 0 Å². The molecule has 0 unspecified atom stereocenters. The molecule has 26 heavy (non-hydrogen) atoms. The summed E-state index contributed by atoms with van der Waals surface area (Å²) < 4.78 is 0. The smallest absolute Gasteiger partial charge is 0.166 e. The molecule has 4 N–H and O–H groups in total. The monoisotopic (exact) mass is 346 g/mol. The lowest BCUT2D eigenvalue weighted by atomic mass is 9.88. The van der Waals surface area contributed by atoms with Gasteiger partial charge < -0.3 is 20.4 Å². The Kier molecular flexibility index (Phi) is 3.44. The van der Waals surface area contributed by atoms with Crippen LogP contribution in [0.15, 0.2) is 48.5 Å². The fourth-order valence-corrected chi connectivity index (χ4v) is 3.76. The summed E-state index contributed by atoms with van der Waals surface area (Å²) in [6, 6.07) is 14.4. The van der Waals surface area contributed by atoms with Gasteiger partial charge in [0.15, 0.2) is 23.0 Å². The van der Waals surface area contributed by atoms with E-state index in [-0.39, 0.29) is 23.0 Å². The van der Waals surface area contributed by atoms with Crippen molar-refractivity contribution in [1.82, 2.24) is 0 Å². The molecule has 0 bridgehead atoms. The highest BCUT2D eigenvalue weighted by Crippen LogP contribution is 2.52. The predicted molar refractivity (Wildman–Crippen MR) is 103 cm³/mol. The van der Waals surface area contributed by atoms with Gasteiger partial charge >= 0.3 is 0 Å². The van der Waals surface area contributed by atoms with Crippen LogP contribution < -0.4 is 0 Å². The molecule has 0 radical (unpaired) electrons. The Morgan fingerprint density at radius 2 is 0.769 bits per heavy atom. The van der Waals surface area contributed by atoms with Gasteiger partial charge in [0.05, 0.1) is 0 Å². The Morgan fingerprint density at radius 3 is 1.12 bits per heavy atom. The highest BCUT2D eigenvalue weighted by atomic mass is 16.3. The first-order valence-corrected chi connectivity index (χ1v) is 8.30. The summed E-state index contributed by atoms with van der Waals surface area (Å²) in [7, 11) is 0. The van der Waals surface area contributed by atoms with Crippen molar-refractivity contribution < 1.29 is 20.4 Å². The number of benzene rings is 4. The number of phenolic OH excluding ortho intramolecular Hbond substituents is 4. The van der Waals surface area contributed by atoms with Crippen molar-refractivity contribution in [2.45, 2.75) is 13.8 Å². The maximum Gasteiger partial charge on any atom is 0.166 e. The topological polar surface area (TPSA) is 80.9 Å². The van der Waals surface area contributed by atoms with Crippen LogP contribution in [0.4, 0.5) is 0 Å². The van der Waals surface area contributed by atoms with E-state index in [2.05, 4.69) is 0 Å². The highest BCUT2D eigenvalue weighted by Gasteiger charge is 2.24. The molecule has 0 atom stereocenters. The van der Waals surface area contributed by atoms with E-state index in [9.17, 15) is 20.4 Å². The lowest BCUT2D eigenvalue weighted by molar-refractivity contribution is 0.404. The number of fused-ring (bicyclic) bond motifs is 2. The number of hydrogen-bond donors (Lipinski definition) is 4. The van der Waals surface area contributed by atoms with E-state index < -0.39 is 0 Å². The van der Waals surface area contributed by atoms with Gasteiger partial charge in [-0.1, -0.05) is 48.5 Å². The van der Waals surface area contributed by atoms with Gasteiger partial charge in [-0.25, -0.2) is 0 Å². The van der Waals surface area contributed by atoms with Crippen LogP contribution in [0.25, 0.3) is 32.7 Å². The molecule has 0 aliphatic heterocycles. The molecule has 0 spiro atoms. The van der Waals surface area contributed by atoms with E-state index in [1.165, 1.54) is 0 Å². The van der Waals surface area contributed by atoms with Crippen LogP contribution in [0.3, 0.4) is 0 Å². The minimum Gasteiger partial charge on any atom is -0.504 e. The van der Waals surface area contributed by atoms with Crippen molar-refractivity contribution in [1.29, 1.82) is 0 Å². The van der Waals surface area contributed by atoms with E-state index in [1.807, 2.05) is 38.1 Å². The molecular weight excluding hydrogens is 328 g/mol. The molecule has 0 saturated carbocycles. The first kappa shape index (κ1) is 16.1. The van der Waals surface area contributed by atoms with Crippen LogP contribution in [0.5, 0.6) is 23.0 Å². The summed E-state index contributed by atoms with van der Waals surface area (Å²) in [6.45, 7) is 3.64. The Bertz CT molecular complexity index is 1100. The zero-order chi connectivity index (χ0) is 18.6. The molecule has 0 fully saturated rings. The second-order valence-electron chi connectivity index (χ2n) is 6.49. The van der Waals surface area contributed by atoms with Gasteiger partial charge in [-0.2, -0.15) is 0 Å². The molecule has 0 aliphatic rings. The zero-order valence-electron chi connectivity index (χ0n) is 14.4. The van der Waals surface area contributed by atoms with Gasteiger partial charge in [0.25, 0.3) is 0 Å². The lowest BCUT2D eigenvalue weighted by Gasteiger charge is -2.19. The maximum absolute atomic E-state index is 10.7. The van der Waals surface area contributed by atoms with Gasteiger partial charge in [-0.05, 0) is 35.7 Å². The van der Waals surface area contributed by atoms with Crippen molar-refractivity contribution in [3.05, 3.63) is 59.7 Å². The van der Waals surface area contributed by atoms with E-state index in [4.69, 9.17) is 0 Å². The normalized spacial score (nSPS) is 11.3. The van der Waals surface area contributed by atoms with Crippen molar-refractivity contribution >= 4 is 21.5 Å². The number of phenols is 4. The van der Waals surface area contributed by atoms with Crippen molar-refractivity contribution in [2.24, 2.45) is 0 Å². The van der Waals surface area contributed by atoms with Crippen molar-refractivity contribution in [3.8, 4) is 34.1 Å². The summed E-state index contributed by atoms with van der Waals surface area (Å²) in [4.78, 5) is 0. The second kappa shape index (κ2) is 5.56. The van der Waals surface area contributed by atoms with Crippen LogP contribution in [-0.4, -0.2) is 20.4 Å². The quantitative estimate of drug-likeness (QED) is 0.362. The standard InChI is InChI=1S/C22H18O4/c1-11-13-7-3-5-9-15(13)19(23)21(25)17(11)18-12(2)14-8-4-6-10-16(14)20(24)22(18)26/h3-10,23-26H,1-2H3. The Balaban J connectivity index is 2.22. The number of aromatic hydroxyl groups is 4. The SMILES string of the molecule is Cc1c(-c2c(O)c(O)c3ccccc3c2C)c(O)c(O)c2ccccc12. The highest BCUT2D eigenvalue weighted by molar-refractivity contribution is 6.05. The van der Waals surface area contributed by atoms with Crippen LogP contribution in [-0.2, 0) is 0 Å². The molecule has 0 heterocycles. The van der Waals surface area contributed by atoms with Crippen molar-refractivity contribution in [2.75, 3.05) is 0 Å². The van der Waals surface area contributed by atoms with Crippen LogP contribution in [0.2, 0.25) is 0 Å². The molecule has 4 nitrogen and oxygen atoms in total. The Labute approximate surface area is 150 Å². The largest absolute Gasteiger partial charge is 0.504 e. The van der Waals surface area contributed by atoms with E-state index in [0.29, 0.717) is 33.0 Å². The van der Waals surface area contributed by atoms with Gasteiger partial charge in [-0.15, -0.1) is 0 Å². The van der Waals surface area contributed by atoms with Crippen LogP contribution in [0.1, 0.15) is 11.1 Å². The van der Waals surface area contributed by atoms with E-state index in [0.717, 1.165) is 10.8 Å². The Morgan fingerprint density at radius 1 is 0.462 bits per heavy atom. The molecule has 130 valence electrons. The summed E-state index contributed by atoms with van der Waals surface area (Å²) in [5.41, 5.74) is 2.06. The minimum atomic E-state index is -0.311. The second-order valence-corrected chi connectivity index (χ2v) is 6.49. The number of rotatable bonds is 1. The molecule has 4 rings (SSSR count). The summed E-state index contributed by atoms with van der Waals surface area (Å²) >= 11 is 0. The average Bonchev–Trinajstić information content (AvgIpc) is 2.67. The maximum atomic E-state index is 10.7. The molecule has 0 saturated heterocycles.